The molecule has 0 saturated carbocycles. The second kappa shape index (κ2) is 17.9. The number of ether oxygens (including phenoxy) is 3. The predicted octanol–water partition coefficient (Wildman–Crippen LogP) is 4.77. The van der Waals surface area contributed by atoms with Gasteiger partial charge < -0.3 is 34.7 Å². The third-order valence-corrected chi connectivity index (χ3v) is 7.75. The summed E-state index contributed by atoms with van der Waals surface area (Å²) >= 11 is 0. The van der Waals surface area contributed by atoms with E-state index in [9.17, 15) is 23.6 Å². The van der Waals surface area contributed by atoms with Crippen LogP contribution in [0.25, 0.3) is 11.6 Å². The van der Waals surface area contributed by atoms with Crippen molar-refractivity contribution in [1.82, 2.24) is 20.1 Å². The number of fused-ring (bicyclic) bond motifs is 1. The van der Waals surface area contributed by atoms with E-state index in [0.717, 1.165) is 18.0 Å². The zero-order chi connectivity index (χ0) is 35.4. The third kappa shape index (κ3) is 11.0. The molecular formula is C35H50FN5O7. The smallest absolute Gasteiger partial charge is 0.416 e. The highest BCUT2D eigenvalue weighted by atomic mass is 19.1. The van der Waals surface area contributed by atoms with Gasteiger partial charge in [-0.3, -0.25) is 14.4 Å². The van der Waals surface area contributed by atoms with Crippen LogP contribution in [-0.2, 0) is 23.8 Å². The molecule has 1 aliphatic rings. The van der Waals surface area contributed by atoms with Crippen molar-refractivity contribution < 1.29 is 37.8 Å². The second-order valence-electron chi connectivity index (χ2n) is 12.8. The summed E-state index contributed by atoms with van der Waals surface area (Å²) in [6.45, 7) is 17.1. The van der Waals surface area contributed by atoms with E-state index in [1.807, 2.05) is 13.8 Å². The highest BCUT2D eigenvalue weighted by molar-refractivity contribution is 6.35. The van der Waals surface area contributed by atoms with Gasteiger partial charge in [0.25, 0.3) is 11.8 Å². The molecule has 0 spiro atoms. The molecule has 1 aromatic carbocycles. The number of hydrogen-bond acceptors (Lipinski definition) is 8. The Labute approximate surface area is 282 Å². The number of aryl methyl sites for hydroxylation is 1. The van der Waals surface area contributed by atoms with Crippen LogP contribution in [0.5, 0.6) is 0 Å². The van der Waals surface area contributed by atoms with E-state index in [4.69, 9.17) is 14.2 Å². The van der Waals surface area contributed by atoms with E-state index in [0.29, 0.717) is 61.0 Å². The summed E-state index contributed by atoms with van der Waals surface area (Å²) in [4.78, 5) is 58.3. The van der Waals surface area contributed by atoms with Crippen LogP contribution in [0.15, 0.2) is 18.2 Å². The van der Waals surface area contributed by atoms with Gasteiger partial charge in [-0.15, -0.1) is 0 Å². The van der Waals surface area contributed by atoms with Crippen molar-refractivity contribution in [2.75, 3.05) is 71.1 Å². The van der Waals surface area contributed by atoms with Crippen molar-refractivity contribution >= 4 is 41.2 Å². The Morgan fingerprint density at radius 1 is 1.02 bits per heavy atom. The Kier molecular flexibility index (Phi) is 14.3. The van der Waals surface area contributed by atoms with Gasteiger partial charge in [-0.05, 0) is 68.6 Å². The van der Waals surface area contributed by atoms with Crippen LogP contribution in [-0.4, -0.2) is 104 Å². The molecule has 0 aliphatic carbocycles. The number of hydrogen-bond donors (Lipinski definition) is 3. The highest BCUT2D eigenvalue weighted by Gasteiger charge is 2.30. The molecule has 2 aromatic rings. The molecule has 0 bridgehead atoms. The Morgan fingerprint density at radius 2 is 1.73 bits per heavy atom. The maximum atomic E-state index is 14.0. The van der Waals surface area contributed by atoms with Gasteiger partial charge in [0.1, 0.15) is 12.4 Å². The SMILES string of the molecule is CCN(CC)CCN(C(=O)OCCCNC(=O)COCCOCC(C)(C)C)C(=O)c1c(C)[nH]c(/C=C2\C(=O)Nc3ccc(F)cc32)c1C. The minimum Gasteiger partial charge on any atom is -0.449 e. The van der Waals surface area contributed by atoms with Crippen LogP contribution < -0.4 is 10.6 Å². The van der Waals surface area contributed by atoms with Crippen molar-refractivity contribution in [1.29, 1.82) is 0 Å². The van der Waals surface area contributed by atoms with Crippen LogP contribution >= 0.6 is 0 Å². The van der Waals surface area contributed by atoms with Crippen LogP contribution in [0.2, 0.25) is 0 Å². The Morgan fingerprint density at radius 3 is 2.42 bits per heavy atom. The number of H-pyrrole nitrogens is 1. The van der Waals surface area contributed by atoms with E-state index in [1.165, 1.54) is 18.2 Å². The van der Waals surface area contributed by atoms with Gasteiger partial charge >= 0.3 is 6.09 Å². The van der Waals surface area contributed by atoms with Gasteiger partial charge in [0.05, 0.1) is 37.6 Å². The van der Waals surface area contributed by atoms with Gasteiger partial charge in [-0.1, -0.05) is 34.6 Å². The van der Waals surface area contributed by atoms with Crippen LogP contribution in [0.1, 0.15) is 73.9 Å². The summed E-state index contributed by atoms with van der Waals surface area (Å²) in [5, 5.41) is 5.44. The zero-order valence-electron chi connectivity index (χ0n) is 29.2. The molecule has 0 saturated heterocycles. The summed E-state index contributed by atoms with van der Waals surface area (Å²) in [6.07, 6.45) is 1.13. The van der Waals surface area contributed by atoms with Gasteiger partial charge in [0, 0.05) is 42.3 Å². The first kappa shape index (κ1) is 38.4. The lowest BCUT2D eigenvalue weighted by Gasteiger charge is -2.25. The maximum absolute atomic E-state index is 14.0. The average Bonchev–Trinajstić information content (AvgIpc) is 3.49. The largest absolute Gasteiger partial charge is 0.449 e. The lowest BCUT2D eigenvalue weighted by atomic mass is 9.99. The molecule has 3 rings (SSSR count). The first-order valence-corrected chi connectivity index (χ1v) is 16.4. The van der Waals surface area contributed by atoms with E-state index < -0.39 is 17.8 Å². The van der Waals surface area contributed by atoms with Crippen molar-refractivity contribution in [3.63, 3.8) is 0 Å². The standard InChI is InChI=1S/C35H50FN5O7/c1-8-40(9-2)14-15-41(34(45)48-16-10-13-37-30(42)21-46-17-18-47-22-35(5,6)7)33(44)31-23(3)29(38-24(31)4)20-27-26-19-25(36)11-12-28(26)39-32(27)43/h11-12,19-20,38H,8-10,13-18,21-22H2,1-7H3,(H,37,42)(H,39,43)/b27-20-. The summed E-state index contributed by atoms with van der Waals surface area (Å²) < 4.78 is 30.3. The number of likely N-dealkylation sites (N-methyl/N-ethyl adjacent to an activating group) is 1. The average molecular weight is 672 g/mol. The number of aromatic nitrogens is 1. The molecule has 12 nitrogen and oxygen atoms in total. The second-order valence-corrected chi connectivity index (χ2v) is 12.8. The number of rotatable bonds is 17. The molecule has 13 heteroatoms. The van der Waals surface area contributed by atoms with Crippen molar-refractivity contribution in [2.24, 2.45) is 5.41 Å². The number of carbonyl (C=O) groups is 4. The minimum absolute atomic E-state index is 0.0107. The Hall–Kier alpha value is -4.07. The van der Waals surface area contributed by atoms with Gasteiger partial charge in [0.2, 0.25) is 5.91 Å². The van der Waals surface area contributed by atoms with E-state index >= 15 is 0 Å². The van der Waals surface area contributed by atoms with Gasteiger partial charge in [-0.2, -0.15) is 0 Å². The normalized spacial score (nSPS) is 13.5. The van der Waals surface area contributed by atoms with Crippen LogP contribution in [0.4, 0.5) is 14.9 Å². The fourth-order valence-electron chi connectivity index (χ4n) is 5.13. The molecule has 1 aliphatic heterocycles. The molecule has 0 fully saturated rings. The molecule has 0 atom stereocenters. The van der Waals surface area contributed by atoms with Crippen molar-refractivity contribution in [3.05, 3.63) is 52.1 Å². The van der Waals surface area contributed by atoms with E-state index in [-0.39, 0.29) is 54.7 Å². The quantitative estimate of drug-likeness (QED) is 0.161. The molecule has 48 heavy (non-hydrogen) atoms. The lowest BCUT2D eigenvalue weighted by molar-refractivity contribution is -0.126. The van der Waals surface area contributed by atoms with Crippen LogP contribution in [0, 0.1) is 25.1 Å². The zero-order valence-corrected chi connectivity index (χ0v) is 29.2. The summed E-state index contributed by atoms with van der Waals surface area (Å²) in [7, 11) is 0. The van der Waals surface area contributed by atoms with Crippen molar-refractivity contribution in [3.8, 4) is 0 Å². The third-order valence-electron chi connectivity index (χ3n) is 7.75. The Balaban J connectivity index is 1.62. The first-order chi connectivity index (χ1) is 22.7. The fourth-order valence-corrected chi connectivity index (χ4v) is 5.13. The van der Waals surface area contributed by atoms with Crippen LogP contribution in [0.3, 0.4) is 0 Å². The fraction of sp³-hybridized carbons (Fsp3) is 0.543. The number of anilines is 1. The number of nitrogens with one attached hydrogen (secondary N) is 3. The number of halogens is 1. The number of aromatic amines is 1. The molecule has 0 unspecified atom stereocenters. The summed E-state index contributed by atoms with van der Waals surface area (Å²) in [5.74, 6) is -1.69. The molecular weight excluding hydrogens is 621 g/mol. The number of amides is 4. The molecule has 1 aromatic heterocycles. The van der Waals surface area contributed by atoms with E-state index in [2.05, 4.69) is 41.3 Å². The molecule has 264 valence electrons. The predicted molar refractivity (Wildman–Crippen MR) is 182 cm³/mol. The lowest BCUT2D eigenvalue weighted by Crippen LogP contribution is -2.43. The maximum Gasteiger partial charge on any atom is 0.416 e. The molecule has 2 heterocycles. The summed E-state index contributed by atoms with van der Waals surface area (Å²) in [6, 6.07) is 4.05. The molecule has 4 amide bonds. The first-order valence-electron chi connectivity index (χ1n) is 16.4. The molecule has 3 N–H and O–H groups in total. The van der Waals surface area contributed by atoms with Gasteiger partial charge in [0.15, 0.2) is 0 Å². The topological polar surface area (TPSA) is 142 Å². The van der Waals surface area contributed by atoms with E-state index in [1.54, 1.807) is 19.9 Å². The number of nitrogens with zero attached hydrogens (tertiary/aromatic N) is 2. The Bertz CT molecular complexity index is 1480. The van der Waals surface area contributed by atoms with Gasteiger partial charge in [-0.25, -0.2) is 14.1 Å². The summed E-state index contributed by atoms with van der Waals surface area (Å²) in [5.41, 5.74) is 3.07. The van der Waals surface area contributed by atoms with Crippen molar-refractivity contribution in [2.45, 2.75) is 54.9 Å². The number of imide groups is 1. The molecule has 0 radical (unpaired) electrons. The highest BCUT2D eigenvalue weighted by Crippen LogP contribution is 2.34. The number of carbonyl (C=O) groups excluding carboxylic acids is 4. The monoisotopic (exact) mass is 671 g/mol. The number of benzene rings is 1. The minimum atomic E-state index is -0.795.